The van der Waals surface area contributed by atoms with Gasteiger partial charge in [0.25, 0.3) is 5.91 Å². The Bertz CT molecular complexity index is 1010. The molecule has 0 aromatic heterocycles. The molecule has 7 heteroatoms. The Morgan fingerprint density at radius 1 is 0.875 bits per heavy atom. The van der Waals surface area contributed by atoms with Gasteiger partial charge in [-0.15, -0.1) is 6.58 Å². The fourth-order valence-corrected chi connectivity index (χ4v) is 7.57. The summed E-state index contributed by atoms with van der Waals surface area (Å²) in [6, 6.07) is 6.04. The van der Waals surface area contributed by atoms with Crippen LogP contribution in [0.1, 0.15) is 110 Å². The monoisotopic (exact) mass is 585 g/mol. The topological polar surface area (TPSA) is 45.1 Å². The zero-order valence-electron chi connectivity index (χ0n) is 25.2. The molecule has 5 nitrogen and oxygen atoms in total. The van der Waals surface area contributed by atoms with Crippen LogP contribution < -0.4 is 9.64 Å². The summed E-state index contributed by atoms with van der Waals surface area (Å²) in [5.74, 6) is 0.835. The molecule has 0 saturated carbocycles. The summed E-state index contributed by atoms with van der Waals surface area (Å²) in [6.07, 6.45) is 23.6. The Balaban J connectivity index is 1.33. The molecule has 1 fully saturated rings. The third-order valence-corrected chi connectivity index (χ3v) is 10.1. The van der Waals surface area contributed by atoms with Crippen molar-refractivity contribution in [3.05, 3.63) is 40.8 Å². The van der Waals surface area contributed by atoms with Crippen LogP contribution in [0.15, 0.2) is 50.7 Å². The molecule has 1 aromatic rings. The first-order valence-corrected chi connectivity index (χ1v) is 17.2. The summed E-state index contributed by atoms with van der Waals surface area (Å²) in [5.41, 5.74) is 1.06. The van der Waals surface area contributed by atoms with Crippen molar-refractivity contribution in [1.29, 1.82) is 0 Å². The quantitative estimate of drug-likeness (QED) is 0.0866. The molecule has 0 radical (unpaired) electrons. The Labute approximate surface area is 252 Å². The number of methoxy groups -OCH3 is 1. The van der Waals surface area contributed by atoms with Gasteiger partial charge in [-0.2, -0.15) is 0 Å². The van der Waals surface area contributed by atoms with Gasteiger partial charge in [-0.1, -0.05) is 121 Å². The molecule has 3 rings (SSSR count). The molecule has 0 unspecified atom stereocenters. The second-order valence-electron chi connectivity index (χ2n) is 10.9. The summed E-state index contributed by atoms with van der Waals surface area (Å²) in [5, 5.41) is 1.76. The van der Waals surface area contributed by atoms with E-state index in [4.69, 9.17) is 9.73 Å². The average Bonchev–Trinajstić information content (AvgIpc) is 3.45. The standard InChI is InChI=1S/C33H51N3O2S2/c1-5-7-8-9-10-11-12-13-14-15-16-17-18-19-20-21-24-34-33-36(25-6-2)31(37)30(40-33)32-35(3)28-26-27(38-4)22-23-29(28)39-32/h6,22-23,26H,2,5,7-21,24-25H2,1,3-4H3. The van der Waals surface area contributed by atoms with Crippen LogP contribution in [0.5, 0.6) is 5.75 Å². The molecule has 1 saturated heterocycles. The minimum absolute atomic E-state index is 0.0183. The smallest absolute Gasteiger partial charge is 0.269 e. The van der Waals surface area contributed by atoms with Crippen LogP contribution >= 0.6 is 23.5 Å². The summed E-state index contributed by atoms with van der Waals surface area (Å²) in [6.45, 7) is 7.40. The Hall–Kier alpha value is -1.86. The van der Waals surface area contributed by atoms with Crippen molar-refractivity contribution >= 4 is 40.3 Å². The van der Waals surface area contributed by atoms with Crippen molar-refractivity contribution in [2.24, 2.45) is 4.99 Å². The minimum atomic E-state index is 0.0183. The van der Waals surface area contributed by atoms with E-state index in [0.717, 1.165) is 44.4 Å². The number of unbranched alkanes of at least 4 members (excludes halogenated alkanes) is 15. The Kier molecular flexibility index (Phi) is 15.1. The SMILES string of the molecule is C=CCN1C(=O)C(=C2Sc3ccc(OC)cc3N2C)SC1=NCCCCCCCCCCCCCCCCCC. The largest absolute Gasteiger partial charge is 0.497 e. The third-order valence-electron chi connectivity index (χ3n) is 7.67. The number of aliphatic imine (C=N–C) groups is 1. The van der Waals surface area contributed by atoms with E-state index in [0.29, 0.717) is 6.54 Å². The molecule has 1 amide bonds. The minimum Gasteiger partial charge on any atom is -0.497 e. The highest BCUT2D eigenvalue weighted by Gasteiger charge is 2.38. The molecule has 2 heterocycles. The van der Waals surface area contributed by atoms with Gasteiger partial charge in [0.1, 0.15) is 10.7 Å². The number of nitrogens with zero attached hydrogens (tertiary/aromatic N) is 3. The lowest BCUT2D eigenvalue weighted by Gasteiger charge is -2.15. The predicted octanol–water partition coefficient (Wildman–Crippen LogP) is 9.79. The van der Waals surface area contributed by atoms with E-state index in [1.165, 1.54) is 108 Å². The fraction of sp³-hybridized carbons (Fsp3) is 0.636. The molecule has 0 spiro atoms. The Morgan fingerprint density at radius 3 is 2.00 bits per heavy atom. The van der Waals surface area contributed by atoms with E-state index in [1.807, 2.05) is 19.2 Å². The zero-order chi connectivity index (χ0) is 28.6. The fourth-order valence-electron chi connectivity index (χ4n) is 5.23. The van der Waals surface area contributed by atoms with Gasteiger partial charge in [0, 0.05) is 31.1 Å². The summed E-state index contributed by atoms with van der Waals surface area (Å²) < 4.78 is 5.40. The van der Waals surface area contributed by atoms with Crippen LogP contribution in [-0.2, 0) is 4.79 Å². The van der Waals surface area contributed by atoms with E-state index in [2.05, 4.69) is 24.5 Å². The van der Waals surface area contributed by atoms with Crippen molar-refractivity contribution < 1.29 is 9.53 Å². The van der Waals surface area contributed by atoms with Gasteiger partial charge in [0.15, 0.2) is 5.17 Å². The van der Waals surface area contributed by atoms with Crippen molar-refractivity contribution in [3.8, 4) is 5.75 Å². The van der Waals surface area contributed by atoms with Gasteiger partial charge in [0.05, 0.1) is 17.8 Å². The normalized spacial score (nSPS) is 17.8. The van der Waals surface area contributed by atoms with Gasteiger partial charge in [-0.05, 0) is 30.3 Å². The number of anilines is 1. The van der Waals surface area contributed by atoms with Crippen LogP contribution in [0.4, 0.5) is 5.69 Å². The van der Waals surface area contributed by atoms with Gasteiger partial charge in [-0.25, -0.2) is 0 Å². The third kappa shape index (κ3) is 9.90. The van der Waals surface area contributed by atoms with E-state index >= 15 is 0 Å². The zero-order valence-corrected chi connectivity index (χ0v) is 26.9. The number of fused-ring (bicyclic) bond motifs is 1. The molecular formula is C33H51N3O2S2. The molecular weight excluding hydrogens is 535 g/mol. The molecule has 2 aliphatic heterocycles. The van der Waals surface area contributed by atoms with Crippen LogP contribution in [-0.4, -0.2) is 43.2 Å². The van der Waals surface area contributed by atoms with Crippen molar-refractivity contribution in [3.63, 3.8) is 0 Å². The first-order chi connectivity index (χ1) is 19.6. The maximum Gasteiger partial charge on any atom is 0.269 e. The lowest BCUT2D eigenvalue weighted by Crippen LogP contribution is -2.30. The van der Waals surface area contributed by atoms with E-state index in [-0.39, 0.29) is 5.91 Å². The molecule has 0 aliphatic carbocycles. The summed E-state index contributed by atoms with van der Waals surface area (Å²) >= 11 is 3.14. The number of amides is 1. The summed E-state index contributed by atoms with van der Waals surface area (Å²) in [7, 11) is 3.69. The second kappa shape index (κ2) is 18.5. The van der Waals surface area contributed by atoms with Crippen molar-refractivity contribution in [1.82, 2.24) is 4.90 Å². The predicted molar refractivity (Wildman–Crippen MR) is 176 cm³/mol. The second-order valence-corrected chi connectivity index (χ2v) is 12.9. The molecule has 40 heavy (non-hydrogen) atoms. The van der Waals surface area contributed by atoms with Gasteiger partial charge in [-0.3, -0.25) is 14.7 Å². The van der Waals surface area contributed by atoms with Crippen LogP contribution in [0, 0.1) is 0 Å². The lowest BCUT2D eigenvalue weighted by molar-refractivity contribution is -0.121. The molecule has 2 aliphatic rings. The van der Waals surface area contributed by atoms with E-state index in [1.54, 1.807) is 29.8 Å². The lowest BCUT2D eigenvalue weighted by atomic mass is 10.0. The summed E-state index contributed by atoms with van der Waals surface area (Å²) in [4.78, 5) is 23.9. The molecule has 0 bridgehead atoms. The van der Waals surface area contributed by atoms with Crippen LogP contribution in [0.2, 0.25) is 0 Å². The number of carbonyl (C=O) groups is 1. The van der Waals surface area contributed by atoms with Gasteiger partial charge in [0.2, 0.25) is 0 Å². The molecule has 222 valence electrons. The number of carbonyl (C=O) groups excluding carboxylic acids is 1. The maximum absolute atomic E-state index is 13.3. The number of hydrogen-bond acceptors (Lipinski definition) is 6. The van der Waals surface area contributed by atoms with Crippen LogP contribution in [0.3, 0.4) is 0 Å². The van der Waals surface area contributed by atoms with E-state index < -0.39 is 0 Å². The number of rotatable bonds is 20. The Morgan fingerprint density at radius 2 is 1.45 bits per heavy atom. The highest BCUT2D eigenvalue weighted by molar-refractivity contribution is 8.19. The number of hydrogen-bond donors (Lipinski definition) is 0. The number of benzene rings is 1. The highest BCUT2D eigenvalue weighted by Crippen LogP contribution is 2.50. The van der Waals surface area contributed by atoms with Gasteiger partial charge >= 0.3 is 0 Å². The van der Waals surface area contributed by atoms with Crippen molar-refractivity contribution in [2.75, 3.05) is 32.1 Å². The number of thioether (sulfide) groups is 2. The van der Waals surface area contributed by atoms with Gasteiger partial charge < -0.3 is 9.64 Å². The van der Waals surface area contributed by atoms with Crippen LogP contribution in [0.25, 0.3) is 0 Å². The molecule has 1 aromatic carbocycles. The maximum atomic E-state index is 13.3. The van der Waals surface area contributed by atoms with E-state index in [9.17, 15) is 4.79 Å². The number of amidine groups is 1. The van der Waals surface area contributed by atoms with Crippen molar-refractivity contribution in [2.45, 2.75) is 115 Å². The first kappa shape index (κ1) is 32.7. The highest BCUT2D eigenvalue weighted by atomic mass is 32.2. The number of ether oxygens (including phenoxy) is 1. The molecule has 0 N–H and O–H groups in total. The first-order valence-electron chi connectivity index (χ1n) is 15.6. The molecule has 0 atom stereocenters. The average molecular weight is 586 g/mol.